The summed E-state index contributed by atoms with van der Waals surface area (Å²) >= 11 is 17.6. The van der Waals surface area contributed by atoms with E-state index >= 15 is 0 Å². The number of alkyl halides is 3. The second kappa shape index (κ2) is 5.23. The van der Waals surface area contributed by atoms with Gasteiger partial charge >= 0.3 is 6.18 Å². The maximum atomic E-state index is 12.8. The number of hydrogen-bond acceptors (Lipinski definition) is 0. The van der Waals surface area contributed by atoms with Crippen LogP contribution in [-0.4, -0.2) is 0 Å². The van der Waals surface area contributed by atoms with Gasteiger partial charge in [0.15, 0.2) is 0 Å². The molecule has 0 saturated carbocycles. The van der Waals surface area contributed by atoms with E-state index in [0.29, 0.717) is 10.6 Å². The zero-order valence-corrected chi connectivity index (χ0v) is 11.5. The van der Waals surface area contributed by atoms with Gasteiger partial charge in [-0.15, -0.1) is 0 Å². The Balaban J connectivity index is 2.64. The molecule has 0 aliphatic carbocycles. The molecular weight excluding hydrogens is 319 g/mol. The second-order valence-corrected chi connectivity index (χ2v) is 5.01. The summed E-state index contributed by atoms with van der Waals surface area (Å²) < 4.78 is 38.3. The molecular formula is C13H6Cl3F3. The SMILES string of the molecule is FC(F)(F)c1cccc(-c2ccc(Cl)cc2Cl)c1Cl. The Morgan fingerprint density at radius 2 is 1.53 bits per heavy atom. The summed E-state index contributed by atoms with van der Waals surface area (Å²) in [6.45, 7) is 0. The molecule has 2 aromatic rings. The molecule has 19 heavy (non-hydrogen) atoms. The van der Waals surface area contributed by atoms with Gasteiger partial charge in [-0.05, 0) is 18.2 Å². The van der Waals surface area contributed by atoms with E-state index in [2.05, 4.69) is 0 Å². The third-order valence-corrected chi connectivity index (χ3v) is 3.48. The predicted octanol–water partition coefficient (Wildman–Crippen LogP) is 6.33. The van der Waals surface area contributed by atoms with E-state index in [1.165, 1.54) is 24.3 Å². The predicted molar refractivity (Wildman–Crippen MR) is 71.9 cm³/mol. The average Bonchev–Trinajstić information content (AvgIpc) is 2.28. The fourth-order valence-corrected chi connectivity index (χ4v) is 2.51. The number of benzene rings is 2. The molecule has 0 bridgehead atoms. The summed E-state index contributed by atoms with van der Waals surface area (Å²) in [5.74, 6) is 0. The van der Waals surface area contributed by atoms with Crippen LogP contribution < -0.4 is 0 Å². The fraction of sp³-hybridized carbons (Fsp3) is 0.0769. The second-order valence-electron chi connectivity index (χ2n) is 3.79. The molecule has 0 radical (unpaired) electrons. The van der Waals surface area contributed by atoms with Crippen molar-refractivity contribution in [3.05, 3.63) is 57.0 Å². The minimum atomic E-state index is -4.51. The van der Waals surface area contributed by atoms with Crippen LogP contribution in [0.3, 0.4) is 0 Å². The van der Waals surface area contributed by atoms with Gasteiger partial charge < -0.3 is 0 Å². The van der Waals surface area contributed by atoms with Crippen LogP contribution in [0.1, 0.15) is 5.56 Å². The summed E-state index contributed by atoms with van der Waals surface area (Å²) in [5.41, 5.74) is -0.266. The van der Waals surface area contributed by atoms with Crippen molar-refractivity contribution < 1.29 is 13.2 Å². The number of halogens is 6. The third-order valence-electron chi connectivity index (χ3n) is 2.53. The highest BCUT2D eigenvalue weighted by Crippen LogP contribution is 2.41. The lowest BCUT2D eigenvalue weighted by Crippen LogP contribution is -2.06. The topological polar surface area (TPSA) is 0 Å². The van der Waals surface area contributed by atoms with Gasteiger partial charge in [-0.2, -0.15) is 13.2 Å². The molecule has 0 aromatic heterocycles. The van der Waals surface area contributed by atoms with Gasteiger partial charge in [0.25, 0.3) is 0 Å². The monoisotopic (exact) mass is 324 g/mol. The maximum Gasteiger partial charge on any atom is 0.417 e. The molecule has 100 valence electrons. The van der Waals surface area contributed by atoms with Crippen LogP contribution in [0.25, 0.3) is 11.1 Å². The van der Waals surface area contributed by atoms with Gasteiger partial charge in [-0.1, -0.05) is 53.0 Å². The molecule has 2 rings (SSSR count). The van der Waals surface area contributed by atoms with E-state index in [0.717, 1.165) is 6.07 Å². The summed E-state index contributed by atoms with van der Waals surface area (Å²) in [7, 11) is 0. The Morgan fingerprint density at radius 1 is 0.842 bits per heavy atom. The van der Waals surface area contributed by atoms with Crippen LogP contribution in [0.4, 0.5) is 13.2 Å². The molecule has 0 aliphatic heterocycles. The molecule has 0 aliphatic rings. The zero-order valence-electron chi connectivity index (χ0n) is 9.23. The van der Waals surface area contributed by atoms with Crippen LogP contribution >= 0.6 is 34.8 Å². The molecule has 6 heteroatoms. The van der Waals surface area contributed by atoms with Crippen molar-refractivity contribution in [2.24, 2.45) is 0 Å². The maximum absolute atomic E-state index is 12.8. The van der Waals surface area contributed by atoms with Crippen LogP contribution in [0.5, 0.6) is 0 Å². The van der Waals surface area contributed by atoms with E-state index in [9.17, 15) is 13.2 Å². The van der Waals surface area contributed by atoms with Crippen molar-refractivity contribution in [3.8, 4) is 11.1 Å². The van der Waals surface area contributed by atoms with Crippen LogP contribution in [0, 0.1) is 0 Å². The lowest BCUT2D eigenvalue weighted by Gasteiger charge is -2.13. The minimum absolute atomic E-state index is 0.221. The van der Waals surface area contributed by atoms with Gasteiger partial charge in [0.2, 0.25) is 0 Å². The van der Waals surface area contributed by atoms with Crippen molar-refractivity contribution in [2.75, 3.05) is 0 Å². The first-order valence-corrected chi connectivity index (χ1v) is 6.25. The largest absolute Gasteiger partial charge is 0.417 e. The van der Waals surface area contributed by atoms with Crippen molar-refractivity contribution >= 4 is 34.8 Å². The van der Waals surface area contributed by atoms with Gasteiger partial charge in [-0.25, -0.2) is 0 Å². The lowest BCUT2D eigenvalue weighted by atomic mass is 10.0. The first kappa shape index (κ1) is 14.5. The van der Waals surface area contributed by atoms with E-state index in [4.69, 9.17) is 34.8 Å². The molecule has 0 atom stereocenters. The summed E-state index contributed by atoms with van der Waals surface area (Å²) in [4.78, 5) is 0. The Hall–Kier alpha value is -0.900. The average molecular weight is 326 g/mol. The normalized spacial score (nSPS) is 11.7. The molecule has 0 nitrogen and oxygen atoms in total. The molecule has 0 amide bonds. The molecule has 0 unspecified atom stereocenters. The lowest BCUT2D eigenvalue weighted by molar-refractivity contribution is -0.137. The Bertz CT molecular complexity index is 621. The Labute approximate surface area is 122 Å². The van der Waals surface area contributed by atoms with E-state index < -0.39 is 11.7 Å². The third kappa shape index (κ3) is 2.99. The van der Waals surface area contributed by atoms with Gasteiger partial charge in [0.05, 0.1) is 10.6 Å². The van der Waals surface area contributed by atoms with Gasteiger partial charge in [-0.3, -0.25) is 0 Å². The molecule has 0 spiro atoms. The molecule has 2 aromatic carbocycles. The first-order chi connectivity index (χ1) is 8.80. The summed E-state index contributed by atoms with van der Waals surface area (Å²) in [6.07, 6.45) is -4.51. The molecule has 0 heterocycles. The standard InChI is InChI=1S/C13H6Cl3F3/c14-7-4-5-8(11(15)6-7)9-2-1-3-10(12(9)16)13(17,18)19/h1-6H. The smallest absolute Gasteiger partial charge is 0.166 e. The van der Waals surface area contributed by atoms with Crippen molar-refractivity contribution in [2.45, 2.75) is 6.18 Å². The van der Waals surface area contributed by atoms with Crippen LogP contribution in [0.15, 0.2) is 36.4 Å². The van der Waals surface area contributed by atoms with E-state index in [1.807, 2.05) is 0 Å². The highest BCUT2D eigenvalue weighted by atomic mass is 35.5. The minimum Gasteiger partial charge on any atom is -0.166 e. The summed E-state index contributed by atoms with van der Waals surface area (Å²) in [5, 5.41) is 0.268. The highest BCUT2D eigenvalue weighted by Gasteiger charge is 2.34. The zero-order chi connectivity index (χ0) is 14.2. The highest BCUT2D eigenvalue weighted by molar-refractivity contribution is 6.38. The Kier molecular flexibility index (Phi) is 4.00. The van der Waals surface area contributed by atoms with Crippen LogP contribution in [0.2, 0.25) is 15.1 Å². The number of rotatable bonds is 1. The quantitative estimate of drug-likeness (QED) is 0.574. The van der Waals surface area contributed by atoms with Crippen molar-refractivity contribution in [1.82, 2.24) is 0 Å². The van der Waals surface area contributed by atoms with Crippen molar-refractivity contribution in [3.63, 3.8) is 0 Å². The van der Waals surface area contributed by atoms with Crippen LogP contribution in [-0.2, 0) is 6.18 Å². The van der Waals surface area contributed by atoms with Crippen molar-refractivity contribution in [1.29, 1.82) is 0 Å². The molecule has 0 N–H and O–H groups in total. The molecule has 0 saturated heterocycles. The first-order valence-electron chi connectivity index (χ1n) is 5.12. The van der Waals surface area contributed by atoms with E-state index in [-0.39, 0.29) is 15.6 Å². The van der Waals surface area contributed by atoms with E-state index in [1.54, 1.807) is 6.07 Å². The van der Waals surface area contributed by atoms with Gasteiger partial charge in [0, 0.05) is 21.2 Å². The Morgan fingerprint density at radius 3 is 2.11 bits per heavy atom. The summed E-state index contributed by atoms with van der Waals surface area (Å²) in [6, 6.07) is 8.22. The number of hydrogen-bond donors (Lipinski definition) is 0. The fourth-order valence-electron chi connectivity index (χ4n) is 1.67. The molecule has 0 fully saturated rings. The van der Waals surface area contributed by atoms with Gasteiger partial charge in [0.1, 0.15) is 0 Å².